The standard InChI is InChI=1S/C17H20N6O2S/c18-23-15(25)12-8-4-5-9-13(12)22-16(23)20-21-17(22)26-10-14(24)19-11-6-2-1-3-7-11/h4-5,8-9,11H,1-3,6-7,10,18H2,(H,19,24). The summed E-state index contributed by atoms with van der Waals surface area (Å²) in [7, 11) is 0. The molecule has 9 heteroatoms. The van der Waals surface area contributed by atoms with Crippen molar-refractivity contribution >= 4 is 34.3 Å². The highest BCUT2D eigenvalue weighted by atomic mass is 32.2. The zero-order valence-electron chi connectivity index (χ0n) is 14.2. The van der Waals surface area contributed by atoms with Gasteiger partial charge >= 0.3 is 0 Å². The van der Waals surface area contributed by atoms with Gasteiger partial charge in [0.25, 0.3) is 11.3 Å². The van der Waals surface area contributed by atoms with Gasteiger partial charge < -0.3 is 11.2 Å². The van der Waals surface area contributed by atoms with E-state index in [1.54, 1.807) is 16.5 Å². The van der Waals surface area contributed by atoms with Crippen LogP contribution in [0.25, 0.3) is 16.7 Å². The van der Waals surface area contributed by atoms with Crippen molar-refractivity contribution in [3.05, 3.63) is 34.6 Å². The number of nitrogens with one attached hydrogen (secondary N) is 1. The lowest BCUT2D eigenvalue weighted by molar-refractivity contribution is -0.119. The molecule has 1 fully saturated rings. The first-order valence-corrected chi connectivity index (χ1v) is 9.70. The zero-order chi connectivity index (χ0) is 18.1. The van der Waals surface area contributed by atoms with Gasteiger partial charge in [0.1, 0.15) is 0 Å². The number of amides is 1. The van der Waals surface area contributed by atoms with E-state index >= 15 is 0 Å². The van der Waals surface area contributed by atoms with Gasteiger partial charge in [0, 0.05) is 6.04 Å². The third-order valence-corrected chi connectivity index (χ3v) is 5.66. The number of hydrogen-bond acceptors (Lipinski definition) is 6. The van der Waals surface area contributed by atoms with Crippen molar-refractivity contribution in [3.8, 4) is 0 Å². The maximum atomic E-state index is 12.3. The Labute approximate surface area is 153 Å². The second-order valence-corrected chi connectivity index (χ2v) is 7.44. The molecule has 26 heavy (non-hydrogen) atoms. The quantitative estimate of drug-likeness (QED) is 0.528. The number of nitrogens with zero attached hydrogens (tertiary/aromatic N) is 4. The molecule has 1 aliphatic carbocycles. The molecule has 1 amide bonds. The fourth-order valence-electron chi connectivity index (χ4n) is 3.44. The summed E-state index contributed by atoms with van der Waals surface area (Å²) in [4.78, 5) is 24.6. The number of benzene rings is 1. The summed E-state index contributed by atoms with van der Waals surface area (Å²) in [6.07, 6.45) is 5.70. The number of carbonyl (C=O) groups is 1. The third kappa shape index (κ3) is 3.03. The molecule has 0 aliphatic heterocycles. The average molecular weight is 372 g/mol. The Morgan fingerprint density at radius 3 is 2.81 bits per heavy atom. The molecule has 0 atom stereocenters. The van der Waals surface area contributed by atoms with Gasteiger partial charge in [-0.05, 0) is 25.0 Å². The summed E-state index contributed by atoms with van der Waals surface area (Å²) < 4.78 is 2.71. The van der Waals surface area contributed by atoms with Crippen LogP contribution in [0.2, 0.25) is 0 Å². The van der Waals surface area contributed by atoms with Crippen LogP contribution in [0.1, 0.15) is 32.1 Å². The smallest absolute Gasteiger partial charge is 0.281 e. The number of nitrogen functional groups attached to an aromatic ring is 1. The Balaban J connectivity index is 1.59. The third-order valence-electron chi connectivity index (χ3n) is 4.73. The van der Waals surface area contributed by atoms with E-state index in [2.05, 4.69) is 15.5 Å². The predicted octanol–water partition coefficient (Wildman–Crippen LogP) is 1.30. The van der Waals surface area contributed by atoms with Crippen LogP contribution in [0.5, 0.6) is 0 Å². The van der Waals surface area contributed by atoms with Gasteiger partial charge in [-0.2, -0.15) is 4.68 Å². The molecule has 8 nitrogen and oxygen atoms in total. The molecule has 4 rings (SSSR count). The topological polar surface area (TPSA) is 107 Å². The Bertz CT molecular complexity index is 1020. The first kappa shape index (κ1) is 16.9. The largest absolute Gasteiger partial charge is 0.353 e. The Morgan fingerprint density at radius 1 is 1.23 bits per heavy atom. The molecule has 2 heterocycles. The number of para-hydroxylation sites is 1. The molecule has 2 aromatic heterocycles. The van der Waals surface area contributed by atoms with Crippen molar-refractivity contribution in [1.29, 1.82) is 0 Å². The molecule has 0 bridgehead atoms. The summed E-state index contributed by atoms with van der Waals surface area (Å²) in [6, 6.07) is 7.43. The molecular formula is C17H20N6O2S. The molecular weight excluding hydrogens is 352 g/mol. The lowest BCUT2D eigenvalue weighted by atomic mass is 9.95. The van der Waals surface area contributed by atoms with Gasteiger partial charge in [-0.25, -0.2) is 0 Å². The van der Waals surface area contributed by atoms with Gasteiger partial charge in [0.15, 0.2) is 5.16 Å². The maximum Gasteiger partial charge on any atom is 0.281 e. The Kier molecular flexibility index (Phi) is 4.54. The number of thioether (sulfide) groups is 1. The fraction of sp³-hybridized carbons (Fsp3) is 0.412. The highest BCUT2D eigenvalue weighted by Crippen LogP contribution is 2.21. The van der Waals surface area contributed by atoms with E-state index in [0.29, 0.717) is 16.1 Å². The van der Waals surface area contributed by atoms with E-state index in [0.717, 1.165) is 17.5 Å². The molecule has 1 saturated carbocycles. The Hall–Kier alpha value is -2.55. The molecule has 1 aromatic carbocycles. The SMILES string of the molecule is Nn1c(=O)c2ccccc2n2c(SCC(=O)NC3CCCCC3)nnc12. The van der Waals surface area contributed by atoms with Gasteiger partial charge in [0.2, 0.25) is 5.91 Å². The summed E-state index contributed by atoms with van der Waals surface area (Å²) in [5.74, 6) is 6.36. The number of rotatable bonds is 4. The van der Waals surface area contributed by atoms with Crippen LogP contribution in [0.3, 0.4) is 0 Å². The second-order valence-electron chi connectivity index (χ2n) is 6.50. The number of hydrogen-bond donors (Lipinski definition) is 2. The molecule has 3 N–H and O–H groups in total. The monoisotopic (exact) mass is 372 g/mol. The van der Waals surface area contributed by atoms with Crippen LogP contribution < -0.4 is 16.7 Å². The lowest BCUT2D eigenvalue weighted by Crippen LogP contribution is -2.37. The molecule has 136 valence electrons. The van der Waals surface area contributed by atoms with E-state index < -0.39 is 0 Å². The minimum absolute atomic E-state index is 0.0102. The lowest BCUT2D eigenvalue weighted by Gasteiger charge is -2.22. The van der Waals surface area contributed by atoms with E-state index in [1.165, 1.54) is 31.0 Å². The van der Waals surface area contributed by atoms with Crippen molar-refractivity contribution in [2.75, 3.05) is 11.6 Å². The van der Waals surface area contributed by atoms with Crippen LogP contribution in [-0.2, 0) is 4.79 Å². The molecule has 0 radical (unpaired) electrons. The van der Waals surface area contributed by atoms with Gasteiger partial charge in [-0.3, -0.25) is 14.0 Å². The van der Waals surface area contributed by atoms with E-state index in [1.807, 2.05) is 12.1 Å². The van der Waals surface area contributed by atoms with E-state index in [9.17, 15) is 9.59 Å². The minimum atomic E-state index is -0.327. The fourth-order valence-corrected chi connectivity index (χ4v) is 4.19. The predicted molar refractivity (Wildman–Crippen MR) is 101 cm³/mol. The van der Waals surface area contributed by atoms with Crippen LogP contribution in [-0.4, -0.2) is 37.0 Å². The molecule has 3 aromatic rings. The van der Waals surface area contributed by atoms with Crippen LogP contribution in [0, 0.1) is 0 Å². The van der Waals surface area contributed by atoms with Crippen molar-refractivity contribution in [2.24, 2.45) is 0 Å². The van der Waals surface area contributed by atoms with Crippen molar-refractivity contribution in [2.45, 2.75) is 43.3 Å². The van der Waals surface area contributed by atoms with Crippen molar-refractivity contribution in [3.63, 3.8) is 0 Å². The van der Waals surface area contributed by atoms with Crippen LogP contribution in [0.4, 0.5) is 0 Å². The maximum absolute atomic E-state index is 12.3. The summed E-state index contributed by atoms with van der Waals surface area (Å²) in [5.41, 5.74) is 0.349. The minimum Gasteiger partial charge on any atom is -0.353 e. The molecule has 0 unspecified atom stereocenters. The van der Waals surface area contributed by atoms with Crippen LogP contribution >= 0.6 is 11.8 Å². The first-order chi connectivity index (χ1) is 12.6. The summed E-state index contributed by atoms with van der Waals surface area (Å²) >= 11 is 1.29. The summed E-state index contributed by atoms with van der Waals surface area (Å²) in [6.45, 7) is 0. The number of fused-ring (bicyclic) bond motifs is 3. The molecule has 0 spiro atoms. The van der Waals surface area contributed by atoms with Gasteiger partial charge in [-0.1, -0.05) is 43.2 Å². The molecule has 1 aliphatic rings. The average Bonchev–Trinajstić information content (AvgIpc) is 3.09. The number of nitrogens with two attached hydrogens (primary N) is 1. The van der Waals surface area contributed by atoms with Crippen LogP contribution in [0.15, 0.2) is 34.2 Å². The van der Waals surface area contributed by atoms with E-state index in [4.69, 9.17) is 5.84 Å². The molecule has 0 saturated heterocycles. The van der Waals surface area contributed by atoms with Gasteiger partial charge in [0.05, 0.1) is 16.7 Å². The number of aromatic nitrogens is 4. The van der Waals surface area contributed by atoms with Crippen molar-refractivity contribution in [1.82, 2.24) is 24.6 Å². The van der Waals surface area contributed by atoms with Crippen molar-refractivity contribution < 1.29 is 4.79 Å². The first-order valence-electron chi connectivity index (χ1n) is 8.71. The Morgan fingerprint density at radius 2 is 2.00 bits per heavy atom. The highest BCUT2D eigenvalue weighted by Gasteiger charge is 2.18. The second kappa shape index (κ2) is 6.99. The normalized spacial score (nSPS) is 15.5. The summed E-state index contributed by atoms with van der Waals surface area (Å²) in [5, 5.41) is 12.3. The zero-order valence-corrected chi connectivity index (χ0v) is 15.0. The van der Waals surface area contributed by atoms with E-state index in [-0.39, 0.29) is 29.0 Å². The highest BCUT2D eigenvalue weighted by molar-refractivity contribution is 7.99. The number of carbonyl (C=O) groups excluding carboxylic acids is 1. The van der Waals surface area contributed by atoms with Gasteiger partial charge in [-0.15, -0.1) is 10.2 Å².